The molecule has 0 aromatic heterocycles. The molecule has 8 amide bonds. The molecule has 14 nitrogen and oxygen atoms in total. The highest BCUT2D eigenvalue weighted by atomic mass is 16.5. The average molecular weight is 552 g/mol. The van der Waals surface area contributed by atoms with E-state index in [0.717, 1.165) is 0 Å². The smallest absolute Gasteiger partial charge is 0.328 e. The average Bonchev–Trinajstić information content (AvgIpc) is 2.88. The number of rotatable bonds is 6. The maximum Gasteiger partial charge on any atom is 0.328 e. The maximum absolute atomic E-state index is 11.6. The fourth-order valence-corrected chi connectivity index (χ4v) is 3.33. The Morgan fingerprint density at radius 2 is 0.925 bits per heavy atom. The third-order valence-corrected chi connectivity index (χ3v) is 5.08. The van der Waals surface area contributed by atoms with Gasteiger partial charge in [-0.15, -0.1) is 0 Å². The molecule has 14 heteroatoms. The van der Waals surface area contributed by atoms with Crippen molar-refractivity contribution in [3.05, 3.63) is 58.7 Å². The lowest BCUT2D eigenvalue weighted by Crippen LogP contribution is -2.51. The van der Waals surface area contributed by atoms with Crippen LogP contribution in [0.2, 0.25) is 0 Å². The quantitative estimate of drug-likeness (QED) is 0.222. The number of aromatic hydroxyl groups is 2. The van der Waals surface area contributed by atoms with Gasteiger partial charge in [0.15, 0.2) is 23.0 Å². The van der Waals surface area contributed by atoms with Crippen molar-refractivity contribution >= 4 is 47.8 Å². The first-order valence-corrected chi connectivity index (χ1v) is 11.7. The number of hydrogen-bond donors (Lipinski definition) is 6. The number of hydrogen-bond acceptors (Lipinski definition) is 10. The molecule has 2 heterocycles. The molecule has 2 fully saturated rings. The summed E-state index contributed by atoms with van der Waals surface area (Å²) in [6.07, 6.45) is 2.61. The number of carbonyl (C=O) groups excluding carboxylic acids is 6. The normalized spacial score (nSPS) is 14.7. The fraction of sp³-hybridized carbons (Fsp3) is 0.154. The minimum atomic E-state index is -0.849. The first kappa shape index (κ1) is 28.9. The van der Waals surface area contributed by atoms with E-state index in [4.69, 9.17) is 9.47 Å². The summed E-state index contributed by atoms with van der Waals surface area (Å²) in [7, 11) is 0. The number of phenolic OH excluding ortho intramolecular Hbond substituents is 2. The van der Waals surface area contributed by atoms with E-state index in [1.54, 1.807) is 13.8 Å². The molecule has 2 saturated heterocycles. The molecule has 2 aliphatic heterocycles. The van der Waals surface area contributed by atoms with Crippen LogP contribution in [0.3, 0.4) is 0 Å². The van der Waals surface area contributed by atoms with E-state index < -0.39 is 35.7 Å². The van der Waals surface area contributed by atoms with Crippen LogP contribution < -0.4 is 30.7 Å². The summed E-state index contributed by atoms with van der Waals surface area (Å²) in [4.78, 5) is 68.1. The molecular weight excluding hydrogens is 528 g/mol. The van der Waals surface area contributed by atoms with Crippen molar-refractivity contribution in [3.63, 3.8) is 0 Å². The summed E-state index contributed by atoms with van der Waals surface area (Å²) in [6, 6.07) is 7.09. The van der Waals surface area contributed by atoms with Gasteiger partial charge < -0.3 is 19.7 Å². The molecule has 2 aliphatic rings. The van der Waals surface area contributed by atoms with E-state index in [1.165, 1.54) is 48.6 Å². The van der Waals surface area contributed by atoms with Crippen LogP contribution in [0, 0.1) is 0 Å². The number of nitrogens with one attached hydrogen (secondary N) is 4. The zero-order valence-corrected chi connectivity index (χ0v) is 21.2. The van der Waals surface area contributed by atoms with Gasteiger partial charge >= 0.3 is 12.1 Å². The molecule has 2 aromatic rings. The van der Waals surface area contributed by atoms with Crippen LogP contribution in [0.25, 0.3) is 12.2 Å². The van der Waals surface area contributed by atoms with Gasteiger partial charge in [-0.25, -0.2) is 9.59 Å². The van der Waals surface area contributed by atoms with Gasteiger partial charge in [-0.1, -0.05) is 12.1 Å². The molecule has 208 valence electrons. The fourth-order valence-electron chi connectivity index (χ4n) is 3.33. The lowest BCUT2D eigenvalue weighted by atomic mass is 10.1. The van der Waals surface area contributed by atoms with Crippen molar-refractivity contribution in [3.8, 4) is 23.0 Å². The van der Waals surface area contributed by atoms with Gasteiger partial charge in [-0.05, 0) is 61.4 Å². The Hall–Kier alpha value is -5.66. The number of amides is 8. The Morgan fingerprint density at radius 1 is 0.600 bits per heavy atom. The largest absolute Gasteiger partial charge is 0.504 e. The van der Waals surface area contributed by atoms with Gasteiger partial charge in [0.2, 0.25) is 0 Å². The molecule has 2 aromatic carbocycles. The number of carbonyl (C=O) groups is 6. The van der Waals surface area contributed by atoms with E-state index in [9.17, 15) is 39.0 Å². The summed E-state index contributed by atoms with van der Waals surface area (Å²) in [5.74, 6) is -2.68. The molecule has 0 unspecified atom stereocenters. The molecule has 0 radical (unpaired) electrons. The zero-order valence-electron chi connectivity index (χ0n) is 21.2. The predicted molar refractivity (Wildman–Crippen MR) is 138 cm³/mol. The third kappa shape index (κ3) is 7.22. The van der Waals surface area contributed by atoms with Gasteiger partial charge in [0.05, 0.1) is 13.2 Å². The lowest BCUT2D eigenvalue weighted by molar-refractivity contribution is -0.125. The first-order valence-electron chi connectivity index (χ1n) is 11.7. The summed E-state index contributed by atoms with van der Waals surface area (Å²) >= 11 is 0. The van der Waals surface area contributed by atoms with Crippen molar-refractivity contribution in [2.75, 3.05) is 13.2 Å². The number of phenols is 2. The summed E-state index contributed by atoms with van der Waals surface area (Å²) < 4.78 is 10.4. The standard InChI is InChI=1S/2C13H12N2O5/c2*1-2-20-10-6-7(3-4-9(10)16)5-8-11(17)14-13(19)15-12(8)18/h2*3-6,16H,2H2,1H3,(H2,14,15,17,18,19). The molecule has 4 rings (SSSR count). The van der Waals surface area contributed by atoms with Gasteiger partial charge in [0.25, 0.3) is 23.6 Å². The zero-order chi connectivity index (χ0) is 29.4. The highest BCUT2D eigenvalue weighted by Gasteiger charge is 2.28. The summed E-state index contributed by atoms with van der Waals surface area (Å²) in [5, 5.41) is 27.0. The van der Waals surface area contributed by atoms with Gasteiger partial charge in [-0.2, -0.15) is 0 Å². The van der Waals surface area contributed by atoms with Gasteiger partial charge in [-0.3, -0.25) is 40.4 Å². The molecule has 0 saturated carbocycles. The Kier molecular flexibility index (Phi) is 9.20. The van der Waals surface area contributed by atoms with Crippen LogP contribution in [0.1, 0.15) is 25.0 Å². The maximum atomic E-state index is 11.6. The van der Waals surface area contributed by atoms with Gasteiger partial charge in [0.1, 0.15) is 11.1 Å². The first-order chi connectivity index (χ1) is 19.0. The highest BCUT2D eigenvalue weighted by molar-refractivity contribution is 6.31. The van der Waals surface area contributed by atoms with Crippen molar-refractivity contribution in [1.82, 2.24) is 21.3 Å². The monoisotopic (exact) mass is 552 g/mol. The molecule has 6 N–H and O–H groups in total. The van der Waals surface area contributed by atoms with Crippen LogP contribution in [0.15, 0.2) is 47.5 Å². The van der Waals surface area contributed by atoms with Crippen LogP contribution in [-0.2, 0) is 19.2 Å². The summed E-state index contributed by atoms with van der Waals surface area (Å²) in [6.45, 7) is 4.25. The Bertz CT molecular complexity index is 1310. The van der Waals surface area contributed by atoms with E-state index in [0.29, 0.717) is 24.3 Å². The van der Waals surface area contributed by atoms with Crippen molar-refractivity contribution in [1.29, 1.82) is 0 Å². The number of barbiturate groups is 2. The second kappa shape index (κ2) is 12.7. The van der Waals surface area contributed by atoms with Crippen LogP contribution in [0.5, 0.6) is 23.0 Å². The second-order valence-corrected chi connectivity index (χ2v) is 7.91. The molecular formula is C26H24N4O10. The van der Waals surface area contributed by atoms with E-state index >= 15 is 0 Å². The minimum absolute atomic E-state index is 0.0401. The lowest BCUT2D eigenvalue weighted by Gasteiger charge is -2.14. The van der Waals surface area contributed by atoms with Crippen LogP contribution in [-0.4, -0.2) is 59.1 Å². The molecule has 0 atom stereocenters. The van der Waals surface area contributed by atoms with Crippen molar-refractivity contribution in [2.45, 2.75) is 13.8 Å². The van der Waals surface area contributed by atoms with Crippen LogP contribution >= 0.6 is 0 Å². The molecule has 0 aliphatic carbocycles. The van der Waals surface area contributed by atoms with Crippen molar-refractivity contribution < 1.29 is 48.5 Å². The van der Waals surface area contributed by atoms with Gasteiger partial charge in [0, 0.05) is 0 Å². The van der Waals surface area contributed by atoms with Crippen molar-refractivity contribution in [2.24, 2.45) is 0 Å². The molecule has 40 heavy (non-hydrogen) atoms. The topological polar surface area (TPSA) is 209 Å². The number of ether oxygens (including phenoxy) is 2. The Morgan fingerprint density at radius 3 is 1.23 bits per heavy atom. The Balaban J connectivity index is 0.000000220. The third-order valence-electron chi connectivity index (χ3n) is 5.08. The highest BCUT2D eigenvalue weighted by Crippen LogP contribution is 2.29. The number of imide groups is 4. The summed E-state index contributed by atoms with van der Waals surface area (Å²) in [5.41, 5.74) is 0.581. The Labute approximate surface area is 226 Å². The number of urea groups is 2. The van der Waals surface area contributed by atoms with E-state index in [2.05, 4.69) is 0 Å². The predicted octanol–water partition coefficient (Wildman–Crippen LogP) is 1.08. The molecule has 0 bridgehead atoms. The second-order valence-electron chi connectivity index (χ2n) is 7.91. The molecule has 0 spiro atoms. The minimum Gasteiger partial charge on any atom is -0.504 e. The number of benzene rings is 2. The SMILES string of the molecule is CCOc1cc(C=C2C(=O)NC(=O)NC2=O)ccc1O.CCOc1cc(C=C2C(=O)NC(=O)NC2=O)ccc1O. The van der Waals surface area contributed by atoms with E-state index in [-0.39, 0.29) is 34.1 Å². The van der Waals surface area contributed by atoms with E-state index in [1.807, 2.05) is 21.3 Å². The van der Waals surface area contributed by atoms with Crippen LogP contribution in [0.4, 0.5) is 9.59 Å².